The van der Waals surface area contributed by atoms with Crippen LogP contribution in [0, 0.1) is 0 Å². The van der Waals surface area contributed by atoms with Crippen molar-refractivity contribution in [2.75, 3.05) is 39.8 Å². The SMILES string of the molecule is CN1CCN(C(=O)c2cccc3c2C(=O)N(C[C@H]2CCCO2)C3)[C@@H](c2ccccc2)C1. The van der Waals surface area contributed by atoms with Gasteiger partial charge in [0.15, 0.2) is 0 Å². The Morgan fingerprint density at radius 2 is 1.94 bits per heavy atom. The molecule has 2 amide bonds. The molecule has 0 aromatic heterocycles. The molecule has 6 nitrogen and oxygen atoms in total. The third-order valence-electron chi connectivity index (χ3n) is 6.72. The molecule has 6 heteroatoms. The van der Waals surface area contributed by atoms with Crippen molar-refractivity contribution in [1.29, 1.82) is 0 Å². The first-order valence-electron chi connectivity index (χ1n) is 11.2. The lowest BCUT2D eigenvalue weighted by atomic mass is 9.98. The molecule has 0 aliphatic carbocycles. The van der Waals surface area contributed by atoms with Crippen molar-refractivity contribution in [3.05, 3.63) is 70.8 Å². The van der Waals surface area contributed by atoms with Crippen LogP contribution in [0.2, 0.25) is 0 Å². The number of carbonyl (C=O) groups excluding carboxylic acids is 2. The number of hydrogen-bond acceptors (Lipinski definition) is 4. The van der Waals surface area contributed by atoms with E-state index in [1.807, 2.05) is 46.2 Å². The molecule has 0 unspecified atom stereocenters. The Morgan fingerprint density at radius 1 is 1.10 bits per heavy atom. The van der Waals surface area contributed by atoms with E-state index in [-0.39, 0.29) is 24.0 Å². The Labute approximate surface area is 183 Å². The molecule has 31 heavy (non-hydrogen) atoms. The van der Waals surface area contributed by atoms with Crippen LogP contribution in [-0.4, -0.2) is 72.5 Å². The number of likely N-dealkylation sites (N-methyl/N-ethyl adjacent to an activating group) is 1. The summed E-state index contributed by atoms with van der Waals surface area (Å²) in [6, 6.07) is 15.8. The van der Waals surface area contributed by atoms with Crippen LogP contribution in [0.3, 0.4) is 0 Å². The maximum Gasteiger partial charge on any atom is 0.255 e. The molecule has 2 aromatic carbocycles. The van der Waals surface area contributed by atoms with E-state index in [2.05, 4.69) is 24.1 Å². The monoisotopic (exact) mass is 419 g/mol. The van der Waals surface area contributed by atoms with Crippen LogP contribution in [0.25, 0.3) is 0 Å². The molecule has 3 heterocycles. The summed E-state index contributed by atoms with van der Waals surface area (Å²) in [7, 11) is 2.09. The fourth-order valence-corrected chi connectivity index (χ4v) is 5.06. The third kappa shape index (κ3) is 3.86. The van der Waals surface area contributed by atoms with Gasteiger partial charge in [-0.05, 0) is 37.1 Å². The second kappa shape index (κ2) is 8.44. The van der Waals surface area contributed by atoms with Gasteiger partial charge in [0.1, 0.15) is 0 Å². The highest BCUT2D eigenvalue weighted by atomic mass is 16.5. The van der Waals surface area contributed by atoms with Crippen LogP contribution in [0.15, 0.2) is 48.5 Å². The minimum atomic E-state index is -0.0499. The molecule has 3 aliphatic heterocycles. The van der Waals surface area contributed by atoms with Gasteiger partial charge in [0.05, 0.1) is 23.3 Å². The van der Waals surface area contributed by atoms with Crippen molar-refractivity contribution < 1.29 is 14.3 Å². The summed E-state index contributed by atoms with van der Waals surface area (Å²) in [5, 5.41) is 0. The minimum Gasteiger partial charge on any atom is -0.376 e. The minimum absolute atomic E-state index is 0.0252. The van der Waals surface area contributed by atoms with Crippen molar-refractivity contribution in [2.45, 2.75) is 31.5 Å². The van der Waals surface area contributed by atoms with Crippen LogP contribution < -0.4 is 0 Å². The molecular formula is C25H29N3O3. The van der Waals surface area contributed by atoms with Gasteiger partial charge in [-0.25, -0.2) is 0 Å². The maximum absolute atomic E-state index is 13.8. The Kier molecular flexibility index (Phi) is 5.50. The van der Waals surface area contributed by atoms with Crippen molar-refractivity contribution in [3.63, 3.8) is 0 Å². The highest BCUT2D eigenvalue weighted by Gasteiger charge is 2.37. The molecule has 0 saturated carbocycles. The number of benzene rings is 2. The lowest BCUT2D eigenvalue weighted by Gasteiger charge is -2.40. The van der Waals surface area contributed by atoms with E-state index in [0.29, 0.717) is 30.8 Å². The second-order valence-corrected chi connectivity index (χ2v) is 8.85. The van der Waals surface area contributed by atoms with E-state index in [1.165, 1.54) is 0 Å². The van der Waals surface area contributed by atoms with Crippen molar-refractivity contribution in [3.8, 4) is 0 Å². The van der Waals surface area contributed by atoms with Crippen molar-refractivity contribution in [2.24, 2.45) is 0 Å². The third-order valence-corrected chi connectivity index (χ3v) is 6.72. The van der Waals surface area contributed by atoms with Gasteiger partial charge in [0.25, 0.3) is 11.8 Å². The lowest BCUT2D eigenvalue weighted by molar-refractivity contribution is 0.0486. The van der Waals surface area contributed by atoms with Crippen molar-refractivity contribution >= 4 is 11.8 Å². The quantitative estimate of drug-likeness (QED) is 0.765. The maximum atomic E-state index is 13.8. The molecule has 2 aromatic rings. The largest absolute Gasteiger partial charge is 0.376 e. The van der Waals surface area contributed by atoms with Gasteiger partial charge in [-0.1, -0.05) is 42.5 Å². The Balaban J connectivity index is 1.43. The molecule has 0 N–H and O–H groups in total. The molecule has 2 atom stereocenters. The predicted molar refractivity (Wildman–Crippen MR) is 118 cm³/mol. The zero-order valence-corrected chi connectivity index (χ0v) is 18.0. The first-order chi connectivity index (χ1) is 15.1. The van der Waals surface area contributed by atoms with Crippen LogP contribution in [0.1, 0.15) is 50.7 Å². The number of ether oxygens (including phenoxy) is 1. The van der Waals surface area contributed by atoms with Gasteiger partial charge in [-0.2, -0.15) is 0 Å². The van der Waals surface area contributed by atoms with E-state index in [1.54, 1.807) is 0 Å². The van der Waals surface area contributed by atoms with Crippen LogP contribution in [0.5, 0.6) is 0 Å². The smallest absolute Gasteiger partial charge is 0.255 e. The summed E-state index contributed by atoms with van der Waals surface area (Å²) in [6.45, 7) is 4.18. The molecule has 2 saturated heterocycles. The fourth-order valence-electron chi connectivity index (χ4n) is 5.06. The molecule has 0 radical (unpaired) electrons. The molecule has 0 spiro atoms. The summed E-state index contributed by atoms with van der Waals surface area (Å²) >= 11 is 0. The highest BCUT2D eigenvalue weighted by Crippen LogP contribution is 2.32. The fraction of sp³-hybridized carbons (Fsp3) is 0.440. The predicted octanol–water partition coefficient (Wildman–Crippen LogP) is 2.95. The first kappa shape index (κ1) is 20.2. The van der Waals surface area contributed by atoms with Gasteiger partial charge in [0.2, 0.25) is 0 Å². The number of hydrogen-bond donors (Lipinski definition) is 0. The van der Waals surface area contributed by atoms with E-state index in [9.17, 15) is 9.59 Å². The summed E-state index contributed by atoms with van der Waals surface area (Å²) < 4.78 is 5.73. The molecule has 3 aliphatic rings. The highest BCUT2D eigenvalue weighted by molar-refractivity contribution is 6.09. The summed E-state index contributed by atoms with van der Waals surface area (Å²) in [5.41, 5.74) is 3.18. The molecule has 0 bridgehead atoms. The number of amides is 2. The van der Waals surface area contributed by atoms with E-state index in [0.717, 1.165) is 43.7 Å². The molecular weight excluding hydrogens is 390 g/mol. The standard InChI is InChI=1S/C25H29N3O3/c1-26-12-13-28(22(17-26)18-7-3-2-4-8-18)24(29)21-11-5-9-19-15-27(25(30)23(19)21)16-20-10-6-14-31-20/h2-5,7-9,11,20,22H,6,10,12-17H2,1H3/t20-,22-/m1/s1. The zero-order valence-electron chi connectivity index (χ0n) is 18.0. The summed E-state index contributed by atoms with van der Waals surface area (Å²) in [5.74, 6) is -0.0917. The van der Waals surface area contributed by atoms with Gasteiger partial charge >= 0.3 is 0 Å². The van der Waals surface area contributed by atoms with Crippen LogP contribution in [-0.2, 0) is 11.3 Å². The summed E-state index contributed by atoms with van der Waals surface area (Å²) in [6.07, 6.45) is 2.15. The van der Waals surface area contributed by atoms with E-state index < -0.39 is 0 Å². The van der Waals surface area contributed by atoms with Crippen molar-refractivity contribution in [1.82, 2.24) is 14.7 Å². The molecule has 5 rings (SSSR count). The average Bonchev–Trinajstić information content (AvgIpc) is 3.42. The number of rotatable bonds is 4. The summed E-state index contributed by atoms with van der Waals surface area (Å²) in [4.78, 5) is 33.1. The number of nitrogens with zero attached hydrogens (tertiary/aromatic N) is 3. The molecule has 162 valence electrons. The first-order valence-corrected chi connectivity index (χ1v) is 11.2. The topological polar surface area (TPSA) is 53.1 Å². The van der Waals surface area contributed by atoms with Crippen LogP contribution in [0.4, 0.5) is 0 Å². The van der Waals surface area contributed by atoms with E-state index in [4.69, 9.17) is 4.74 Å². The average molecular weight is 420 g/mol. The second-order valence-electron chi connectivity index (χ2n) is 8.85. The Hall–Kier alpha value is -2.70. The normalized spacial score (nSPS) is 24.0. The Morgan fingerprint density at radius 3 is 2.71 bits per heavy atom. The molecule has 2 fully saturated rings. The lowest BCUT2D eigenvalue weighted by Crippen LogP contribution is -2.49. The Bertz CT molecular complexity index is 971. The number of fused-ring (bicyclic) bond motifs is 1. The van der Waals surface area contributed by atoms with Crippen LogP contribution >= 0.6 is 0 Å². The van der Waals surface area contributed by atoms with E-state index >= 15 is 0 Å². The van der Waals surface area contributed by atoms with Gasteiger partial charge < -0.3 is 19.4 Å². The van der Waals surface area contributed by atoms with Gasteiger partial charge in [-0.3, -0.25) is 9.59 Å². The number of piperazine rings is 1. The zero-order chi connectivity index (χ0) is 21.4. The van der Waals surface area contributed by atoms with Gasteiger partial charge in [-0.15, -0.1) is 0 Å². The van der Waals surface area contributed by atoms with Gasteiger partial charge in [0, 0.05) is 39.3 Å². The number of carbonyl (C=O) groups is 2.